The maximum Gasteiger partial charge on any atom is 0.354 e. The number of aromatic carboxylic acids is 2. The Morgan fingerprint density at radius 1 is 0.737 bits per heavy atom. The quantitative estimate of drug-likeness (QED) is 0.197. The summed E-state index contributed by atoms with van der Waals surface area (Å²) in [7, 11) is 0. The van der Waals surface area contributed by atoms with Crippen LogP contribution in [0, 0.1) is 0 Å². The zero-order valence-electron chi connectivity index (χ0n) is 21.8. The summed E-state index contributed by atoms with van der Waals surface area (Å²) < 4.78 is 16.8. The summed E-state index contributed by atoms with van der Waals surface area (Å²) in [5.41, 5.74) is 1.36. The minimum atomic E-state index is -1.07. The molecule has 3 N–H and O–H groups in total. The molecule has 0 atom stereocenters. The van der Waals surface area contributed by atoms with E-state index in [9.17, 15) is 19.8 Å². The smallest absolute Gasteiger partial charge is 0.354 e. The number of aromatic nitrogens is 2. The molecule has 0 amide bonds. The van der Waals surface area contributed by atoms with Gasteiger partial charge in [0.25, 0.3) is 0 Å². The van der Waals surface area contributed by atoms with Gasteiger partial charge >= 0.3 is 11.9 Å². The second kappa shape index (κ2) is 18.3. The van der Waals surface area contributed by atoms with Crippen LogP contribution in [0.25, 0.3) is 0 Å². The molecule has 210 valence electrons. The van der Waals surface area contributed by atoms with Crippen molar-refractivity contribution in [3.05, 3.63) is 59.2 Å². The molecule has 12 heteroatoms. The van der Waals surface area contributed by atoms with Gasteiger partial charge in [0.15, 0.2) is 11.4 Å². The molecule has 0 aromatic carbocycles. The molecule has 0 saturated heterocycles. The molecule has 0 fully saturated rings. The minimum Gasteiger partial charge on any atom is -0.477 e. The van der Waals surface area contributed by atoms with Gasteiger partial charge in [-0.1, -0.05) is 19.1 Å². The number of aliphatic hydroxyl groups is 1. The molecule has 0 spiro atoms. The van der Waals surface area contributed by atoms with Gasteiger partial charge in [-0.15, -0.1) is 0 Å². The fourth-order valence-corrected chi connectivity index (χ4v) is 3.69. The van der Waals surface area contributed by atoms with Gasteiger partial charge in [0.2, 0.25) is 0 Å². The number of carbonyl (C=O) groups is 2. The Kier molecular flexibility index (Phi) is 15.0. The van der Waals surface area contributed by atoms with Crippen molar-refractivity contribution in [3.63, 3.8) is 0 Å². The number of ether oxygens (including phenoxy) is 3. The molecule has 0 aliphatic rings. The van der Waals surface area contributed by atoms with E-state index in [0.29, 0.717) is 76.9 Å². The summed E-state index contributed by atoms with van der Waals surface area (Å²) >= 11 is 0. The molecule has 12 nitrogen and oxygen atoms in total. The first-order chi connectivity index (χ1) is 18.5. The maximum absolute atomic E-state index is 11.5. The Labute approximate surface area is 222 Å². The van der Waals surface area contributed by atoms with Crippen LogP contribution in [-0.4, -0.2) is 119 Å². The summed E-state index contributed by atoms with van der Waals surface area (Å²) in [6.07, 6.45) is 2.93. The lowest BCUT2D eigenvalue weighted by Crippen LogP contribution is -2.32. The minimum absolute atomic E-state index is 0.0203. The molecular weight excluding hydrogens is 496 g/mol. The summed E-state index contributed by atoms with van der Waals surface area (Å²) in [6.45, 7) is 7.64. The van der Waals surface area contributed by atoms with Crippen LogP contribution in [-0.2, 0) is 27.3 Å². The van der Waals surface area contributed by atoms with Crippen LogP contribution in [0.4, 0.5) is 0 Å². The highest BCUT2D eigenvalue weighted by molar-refractivity contribution is 5.87. The predicted molar refractivity (Wildman–Crippen MR) is 138 cm³/mol. The monoisotopic (exact) mass is 534 g/mol. The van der Waals surface area contributed by atoms with E-state index in [1.165, 1.54) is 12.4 Å². The number of likely N-dealkylation sites (N-methyl/N-ethyl adjacent to an activating group) is 1. The SMILES string of the molecule is CCN(CCOCCOCCN(CCOCCO)Cc1cccnc1C(=O)O)Cc1cccnc1C(=O)O. The van der Waals surface area contributed by atoms with Crippen molar-refractivity contribution in [3.8, 4) is 0 Å². The molecule has 0 aliphatic carbocycles. The van der Waals surface area contributed by atoms with Crippen LogP contribution in [0.2, 0.25) is 0 Å². The number of carboxylic acids is 2. The van der Waals surface area contributed by atoms with Crippen LogP contribution in [0.5, 0.6) is 0 Å². The summed E-state index contributed by atoms with van der Waals surface area (Å²) in [4.78, 5) is 34.9. The van der Waals surface area contributed by atoms with E-state index in [2.05, 4.69) is 14.9 Å². The molecule has 38 heavy (non-hydrogen) atoms. The van der Waals surface area contributed by atoms with Crippen molar-refractivity contribution < 1.29 is 39.1 Å². The molecule has 0 unspecified atom stereocenters. The van der Waals surface area contributed by atoms with Gasteiger partial charge < -0.3 is 29.5 Å². The second-order valence-electron chi connectivity index (χ2n) is 8.34. The van der Waals surface area contributed by atoms with Crippen molar-refractivity contribution in [1.82, 2.24) is 19.8 Å². The highest BCUT2D eigenvalue weighted by atomic mass is 16.5. The molecule has 0 saturated carbocycles. The van der Waals surface area contributed by atoms with E-state index in [-0.39, 0.29) is 24.6 Å². The van der Waals surface area contributed by atoms with Crippen molar-refractivity contribution in [1.29, 1.82) is 0 Å². The molecule has 0 aliphatic heterocycles. The third-order valence-electron chi connectivity index (χ3n) is 5.69. The fraction of sp³-hybridized carbons (Fsp3) is 0.538. The number of pyridine rings is 2. The number of carboxylic acid groups (broad SMARTS) is 2. The Hall–Kier alpha value is -3.00. The normalized spacial score (nSPS) is 11.4. The average molecular weight is 535 g/mol. The standard InChI is InChI=1S/C26H38N4O8/c1-2-29(19-21-5-3-7-27-23(21)25(32)33)9-13-37-17-18-38-15-11-30(10-14-36-16-12-31)20-22-6-4-8-28-24(22)26(34)35/h3-8,31H,2,9-20H2,1H3,(H,32,33)(H,34,35). The molecular formula is C26H38N4O8. The molecule has 0 bridgehead atoms. The van der Waals surface area contributed by atoms with E-state index < -0.39 is 11.9 Å². The van der Waals surface area contributed by atoms with Gasteiger partial charge in [-0.2, -0.15) is 0 Å². The van der Waals surface area contributed by atoms with Gasteiger partial charge in [-0.05, 0) is 29.8 Å². The summed E-state index contributed by atoms with van der Waals surface area (Å²) in [5.74, 6) is -2.11. The first kappa shape index (κ1) is 31.2. The van der Waals surface area contributed by atoms with Gasteiger partial charge in [0.1, 0.15) is 0 Å². The fourth-order valence-electron chi connectivity index (χ4n) is 3.69. The van der Waals surface area contributed by atoms with Crippen LogP contribution >= 0.6 is 0 Å². The molecule has 2 aromatic rings. The van der Waals surface area contributed by atoms with E-state index >= 15 is 0 Å². The van der Waals surface area contributed by atoms with Crippen molar-refractivity contribution in [2.24, 2.45) is 0 Å². The third kappa shape index (κ3) is 11.6. The predicted octanol–water partition coefficient (Wildman–Crippen LogP) is 1.24. The summed E-state index contributed by atoms with van der Waals surface area (Å²) in [6, 6.07) is 6.95. The third-order valence-corrected chi connectivity index (χ3v) is 5.69. The lowest BCUT2D eigenvalue weighted by Gasteiger charge is -2.23. The Balaban J connectivity index is 1.70. The van der Waals surface area contributed by atoms with Crippen molar-refractivity contribution in [2.45, 2.75) is 20.0 Å². The first-order valence-electron chi connectivity index (χ1n) is 12.6. The van der Waals surface area contributed by atoms with Crippen LogP contribution in [0.3, 0.4) is 0 Å². The van der Waals surface area contributed by atoms with Crippen molar-refractivity contribution in [2.75, 3.05) is 72.4 Å². The maximum atomic E-state index is 11.5. The zero-order valence-corrected chi connectivity index (χ0v) is 21.8. The van der Waals surface area contributed by atoms with E-state index in [1.54, 1.807) is 24.3 Å². The Morgan fingerprint density at radius 3 is 1.63 bits per heavy atom. The molecule has 2 rings (SSSR count). The summed E-state index contributed by atoms with van der Waals surface area (Å²) in [5, 5.41) is 27.6. The van der Waals surface area contributed by atoms with E-state index in [1.807, 2.05) is 11.8 Å². The number of hydrogen-bond donors (Lipinski definition) is 3. The van der Waals surface area contributed by atoms with Gasteiger partial charge in [-0.25, -0.2) is 19.6 Å². The number of nitrogens with zero attached hydrogens (tertiary/aromatic N) is 4. The number of aliphatic hydroxyl groups excluding tert-OH is 1. The Morgan fingerprint density at radius 2 is 1.18 bits per heavy atom. The lowest BCUT2D eigenvalue weighted by atomic mass is 10.2. The second-order valence-corrected chi connectivity index (χ2v) is 8.34. The van der Waals surface area contributed by atoms with E-state index in [4.69, 9.17) is 19.3 Å². The zero-order chi connectivity index (χ0) is 27.6. The highest BCUT2D eigenvalue weighted by Gasteiger charge is 2.15. The van der Waals surface area contributed by atoms with Gasteiger partial charge in [-0.3, -0.25) is 9.80 Å². The van der Waals surface area contributed by atoms with E-state index in [0.717, 1.165) is 6.54 Å². The Bertz CT molecular complexity index is 978. The molecule has 0 radical (unpaired) electrons. The number of rotatable bonds is 21. The largest absolute Gasteiger partial charge is 0.477 e. The molecule has 2 aromatic heterocycles. The van der Waals surface area contributed by atoms with Crippen LogP contribution < -0.4 is 0 Å². The van der Waals surface area contributed by atoms with Crippen LogP contribution in [0.1, 0.15) is 39.0 Å². The highest BCUT2D eigenvalue weighted by Crippen LogP contribution is 2.10. The van der Waals surface area contributed by atoms with Crippen molar-refractivity contribution >= 4 is 11.9 Å². The van der Waals surface area contributed by atoms with Crippen LogP contribution in [0.15, 0.2) is 36.7 Å². The first-order valence-corrected chi connectivity index (χ1v) is 12.6. The topological polar surface area (TPSA) is 155 Å². The molecule has 2 heterocycles. The van der Waals surface area contributed by atoms with Gasteiger partial charge in [0, 0.05) is 45.1 Å². The lowest BCUT2D eigenvalue weighted by molar-refractivity contribution is 0.0243. The average Bonchev–Trinajstić information content (AvgIpc) is 2.91. The number of hydrogen-bond acceptors (Lipinski definition) is 10. The van der Waals surface area contributed by atoms with Gasteiger partial charge in [0.05, 0.1) is 46.2 Å².